The lowest BCUT2D eigenvalue weighted by atomic mass is 9.89. The van der Waals surface area contributed by atoms with Gasteiger partial charge in [0.1, 0.15) is 38.1 Å². The van der Waals surface area contributed by atoms with Gasteiger partial charge in [0.2, 0.25) is 0 Å². The van der Waals surface area contributed by atoms with Crippen molar-refractivity contribution in [2.24, 2.45) is 0 Å². The van der Waals surface area contributed by atoms with Crippen LogP contribution in [0.25, 0.3) is 0 Å². The van der Waals surface area contributed by atoms with Crippen molar-refractivity contribution >= 4 is 42.6 Å². The molecule has 0 saturated carbocycles. The van der Waals surface area contributed by atoms with Crippen molar-refractivity contribution in [2.75, 3.05) is 26.3 Å². The SMILES string of the molecule is CC(=O)OC[C@H]1OC(c2ccc(Cl)c(Cc3ccc(OCP(C)(C)=O)cc3)c2)[C@H](OC(C)=O)[C@@H](OC(C)=O)[C@@H]1OC(C)=O. The van der Waals surface area contributed by atoms with Crippen molar-refractivity contribution in [3.8, 4) is 5.75 Å². The molecule has 43 heavy (non-hydrogen) atoms. The molecule has 1 fully saturated rings. The van der Waals surface area contributed by atoms with Gasteiger partial charge >= 0.3 is 23.9 Å². The third kappa shape index (κ3) is 10.4. The van der Waals surface area contributed by atoms with E-state index in [2.05, 4.69) is 0 Å². The van der Waals surface area contributed by atoms with Gasteiger partial charge in [0.25, 0.3) is 0 Å². The summed E-state index contributed by atoms with van der Waals surface area (Å²) in [6.07, 6.45) is -5.29. The number of hydrogen-bond donors (Lipinski definition) is 0. The van der Waals surface area contributed by atoms with E-state index in [1.165, 1.54) is 20.8 Å². The zero-order chi connectivity index (χ0) is 31.9. The summed E-state index contributed by atoms with van der Waals surface area (Å²) in [5.41, 5.74) is 2.15. The van der Waals surface area contributed by atoms with E-state index in [0.29, 0.717) is 28.3 Å². The summed E-state index contributed by atoms with van der Waals surface area (Å²) < 4.78 is 45.6. The maximum absolute atomic E-state index is 12.2. The Balaban J connectivity index is 1.98. The van der Waals surface area contributed by atoms with Gasteiger partial charge in [0, 0.05) is 32.7 Å². The Kier molecular flexibility index (Phi) is 11.8. The van der Waals surface area contributed by atoms with Crippen molar-refractivity contribution in [1.82, 2.24) is 0 Å². The summed E-state index contributed by atoms with van der Waals surface area (Å²) in [7, 11) is -2.33. The average Bonchev–Trinajstić information content (AvgIpc) is 2.89. The van der Waals surface area contributed by atoms with E-state index in [4.69, 9.17) is 40.0 Å². The molecule has 1 saturated heterocycles. The second-order valence-corrected chi connectivity index (χ2v) is 14.5. The molecule has 0 bridgehead atoms. The van der Waals surface area contributed by atoms with Crippen LogP contribution in [0.5, 0.6) is 5.75 Å². The first-order valence-electron chi connectivity index (χ1n) is 13.5. The third-order valence-electron chi connectivity index (χ3n) is 6.25. The highest BCUT2D eigenvalue weighted by Crippen LogP contribution is 2.39. The summed E-state index contributed by atoms with van der Waals surface area (Å²) in [5, 5.41) is 0.465. The third-order valence-corrected chi connectivity index (χ3v) is 7.37. The normalized spacial score (nSPS) is 21.8. The molecule has 2 aromatic rings. The molecule has 1 aliphatic heterocycles. The monoisotopic (exact) mass is 638 g/mol. The van der Waals surface area contributed by atoms with Gasteiger partial charge < -0.3 is 33.0 Å². The summed E-state index contributed by atoms with van der Waals surface area (Å²) in [5.74, 6) is -2.12. The van der Waals surface area contributed by atoms with Gasteiger partial charge in [-0.05, 0) is 54.6 Å². The predicted octanol–water partition coefficient (Wildman–Crippen LogP) is 4.69. The lowest BCUT2D eigenvalue weighted by molar-refractivity contribution is -0.254. The number of benzene rings is 2. The number of hydrogen-bond acceptors (Lipinski definition) is 11. The highest BCUT2D eigenvalue weighted by atomic mass is 35.5. The molecule has 0 N–H and O–H groups in total. The van der Waals surface area contributed by atoms with Crippen LogP contribution in [-0.2, 0) is 53.8 Å². The van der Waals surface area contributed by atoms with Gasteiger partial charge in [0.05, 0.1) is 0 Å². The molecule has 3 rings (SSSR count). The lowest BCUT2D eigenvalue weighted by Gasteiger charge is -2.44. The fourth-order valence-corrected chi connectivity index (χ4v) is 5.20. The predicted molar refractivity (Wildman–Crippen MR) is 157 cm³/mol. The minimum atomic E-state index is -2.33. The Morgan fingerprint density at radius 1 is 0.814 bits per heavy atom. The second kappa shape index (κ2) is 14.9. The Morgan fingerprint density at radius 2 is 1.40 bits per heavy atom. The van der Waals surface area contributed by atoms with Crippen molar-refractivity contribution in [3.05, 3.63) is 64.2 Å². The Morgan fingerprint density at radius 3 is 1.95 bits per heavy atom. The van der Waals surface area contributed by atoms with Crippen molar-refractivity contribution in [2.45, 2.75) is 64.6 Å². The number of esters is 4. The molecule has 0 spiro atoms. The zero-order valence-electron chi connectivity index (χ0n) is 24.9. The van der Waals surface area contributed by atoms with E-state index in [0.717, 1.165) is 12.5 Å². The minimum Gasteiger partial charge on any atom is -0.486 e. The highest BCUT2D eigenvalue weighted by molar-refractivity contribution is 7.62. The van der Waals surface area contributed by atoms with Gasteiger partial charge in [0.15, 0.2) is 18.3 Å². The van der Waals surface area contributed by atoms with Crippen LogP contribution in [0.3, 0.4) is 0 Å². The highest BCUT2D eigenvalue weighted by Gasteiger charge is 2.52. The number of rotatable bonds is 11. The minimum absolute atomic E-state index is 0.135. The Labute approximate surface area is 255 Å². The number of carbonyl (C=O) groups is 4. The Hall–Kier alpha value is -3.40. The van der Waals surface area contributed by atoms with Gasteiger partial charge in [-0.25, -0.2) is 0 Å². The molecule has 0 radical (unpaired) electrons. The number of carbonyl (C=O) groups excluding carboxylic acids is 4. The van der Waals surface area contributed by atoms with Gasteiger partial charge in [-0.3, -0.25) is 19.2 Å². The molecule has 13 heteroatoms. The Bertz CT molecular complexity index is 1370. The number of halogens is 1. The fraction of sp³-hybridized carbons (Fsp3) is 0.467. The van der Waals surface area contributed by atoms with E-state index in [9.17, 15) is 23.7 Å². The molecule has 5 atom stereocenters. The van der Waals surface area contributed by atoms with E-state index >= 15 is 0 Å². The lowest BCUT2D eigenvalue weighted by Crippen LogP contribution is -2.59. The van der Waals surface area contributed by atoms with Crippen LogP contribution < -0.4 is 4.74 Å². The number of ether oxygens (including phenoxy) is 6. The molecule has 1 heterocycles. The molecule has 2 aromatic carbocycles. The molecule has 234 valence electrons. The quantitative estimate of drug-likeness (QED) is 0.192. The van der Waals surface area contributed by atoms with Crippen LogP contribution in [0.2, 0.25) is 5.02 Å². The van der Waals surface area contributed by atoms with E-state index in [1.807, 2.05) is 12.1 Å². The largest absolute Gasteiger partial charge is 0.486 e. The van der Waals surface area contributed by atoms with E-state index < -0.39 is 61.5 Å². The van der Waals surface area contributed by atoms with Gasteiger partial charge in [-0.2, -0.15) is 0 Å². The topological polar surface area (TPSA) is 141 Å². The molecule has 11 nitrogen and oxygen atoms in total. The van der Waals surface area contributed by atoms with Crippen LogP contribution in [-0.4, -0.2) is 74.6 Å². The van der Waals surface area contributed by atoms with E-state index in [-0.39, 0.29) is 13.0 Å². The molecule has 1 aliphatic rings. The fourth-order valence-electron chi connectivity index (χ4n) is 4.56. The molecule has 0 aromatic heterocycles. The molecule has 1 unspecified atom stereocenters. The maximum Gasteiger partial charge on any atom is 0.303 e. The first kappa shape index (κ1) is 34.1. The molecule has 0 amide bonds. The summed E-state index contributed by atoms with van der Waals surface area (Å²) in [6, 6.07) is 12.4. The van der Waals surface area contributed by atoms with Crippen molar-refractivity contribution < 1.29 is 52.2 Å². The summed E-state index contributed by atoms with van der Waals surface area (Å²) in [6.45, 7) is 7.72. The average molecular weight is 639 g/mol. The van der Waals surface area contributed by atoms with Crippen LogP contribution in [0.15, 0.2) is 42.5 Å². The van der Waals surface area contributed by atoms with Crippen molar-refractivity contribution in [1.29, 1.82) is 0 Å². The standard InChI is InChI=1S/C30H36ClO11P/c1-17(32)37-15-26-28(39-18(2)33)30(41-20(4)35)29(40-19(3)34)27(42-26)22-9-12-25(31)23(14-22)13-21-7-10-24(11-8-21)38-16-43(5,6)36/h7-12,14,26-30H,13,15-16H2,1-6H3/t26-,27?,28-,29+,30+/m1/s1. The van der Waals surface area contributed by atoms with Crippen LogP contribution in [0, 0.1) is 0 Å². The van der Waals surface area contributed by atoms with E-state index in [1.54, 1.807) is 43.7 Å². The van der Waals surface area contributed by atoms with Crippen LogP contribution in [0.1, 0.15) is 50.5 Å². The smallest absolute Gasteiger partial charge is 0.303 e. The van der Waals surface area contributed by atoms with Gasteiger partial charge in [-0.15, -0.1) is 0 Å². The van der Waals surface area contributed by atoms with Crippen LogP contribution in [0.4, 0.5) is 0 Å². The first-order chi connectivity index (χ1) is 20.1. The summed E-state index contributed by atoms with van der Waals surface area (Å²) >= 11 is 6.56. The zero-order valence-corrected chi connectivity index (χ0v) is 26.5. The first-order valence-corrected chi connectivity index (χ1v) is 16.6. The summed E-state index contributed by atoms with van der Waals surface area (Å²) in [4.78, 5) is 47.9. The molecular weight excluding hydrogens is 603 g/mol. The van der Waals surface area contributed by atoms with Crippen molar-refractivity contribution in [3.63, 3.8) is 0 Å². The second-order valence-electron chi connectivity index (χ2n) is 10.6. The maximum atomic E-state index is 12.2. The molecular formula is C30H36ClO11P. The molecule has 0 aliphatic carbocycles. The van der Waals surface area contributed by atoms with Gasteiger partial charge in [-0.1, -0.05) is 35.9 Å². The van der Waals surface area contributed by atoms with Crippen LogP contribution >= 0.6 is 18.7 Å².